The maximum atomic E-state index is 12.7. The molecule has 2 aromatic heterocycles. The lowest BCUT2D eigenvalue weighted by Crippen LogP contribution is -2.26. The summed E-state index contributed by atoms with van der Waals surface area (Å²) >= 11 is 1.60. The summed E-state index contributed by atoms with van der Waals surface area (Å²) in [5.74, 6) is -0.256. The molecule has 0 atom stereocenters. The van der Waals surface area contributed by atoms with Gasteiger partial charge in [-0.3, -0.25) is 14.6 Å². The Morgan fingerprint density at radius 3 is 2.76 bits per heavy atom. The number of pyridine rings is 1. The molecule has 0 saturated carbocycles. The van der Waals surface area contributed by atoms with Gasteiger partial charge in [0.2, 0.25) is 0 Å². The van der Waals surface area contributed by atoms with Crippen molar-refractivity contribution in [3.05, 3.63) is 65.3 Å². The SMILES string of the molecule is COc1ccc(C(=O)Nc2cncc(-c3cccs3)c2)cc1C(=O)NCCCN. The van der Waals surface area contributed by atoms with E-state index in [1.807, 2.05) is 23.6 Å². The van der Waals surface area contributed by atoms with E-state index in [4.69, 9.17) is 10.5 Å². The van der Waals surface area contributed by atoms with E-state index < -0.39 is 0 Å². The number of hydrogen-bond acceptors (Lipinski definition) is 6. The van der Waals surface area contributed by atoms with Crippen LogP contribution in [0, 0.1) is 0 Å². The quantitative estimate of drug-likeness (QED) is 0.495. The number of carbonyl (C=O) groups excluding carboxylic acids is 2. The number of nitrogens with two attached hydrogens (primary N) is 1. The summed E-state index contributed by atoms with van der Waals surface area (Å²) in [6.45, 7) is 0.939. The molecule has 0 aliphatic carbocycles. The minimum Gasteiger partial charge on any atom is -0.496 e. The van der Waals surface area contributed by atoms with E-state index in [0.717, 1.165) is 10.4 Å². The van der Waals surface area contributed by atoms with Crippen molar-refractivity contribution in [1.29, 1.82) is 0 Å². The highest BCUT2D eigenvalue weighted by Gasteiger charge is 2.16. The molecule has 0 aliphatic heterocycles. The number of amides is 2. The maximum absolute atomic E-state index is 12.7. The number of rotatable bonds is 8. The van der Waals surface area contributed by atoms with E-state index in [2.05, 4.69) is 15.6 Å². The smallest absolute Gasteiger partial charge is 0.255 e. The molecule has 0 aliphatic rings. The minimum atomic E-state index is -0.339. The van der Waals surface area contributed by atoms with E-state index in [-0.39, 0.29) is 11.8 Å². The zero-order valence-electron chi connectivity index (χ0n) is 16.0. The number of benzene rings is 1. The molecule has 2 heterocycles. The third-order valence-corrected chi connectivity index (χ3v) is 5.09. The van der Waals surface area contributed by atoms with Crippen molar-refractivity contribution in [2.75, 3.05) is 25.5 Å². The number of aromatic nitrogens is 1. The predicted molar refractivity (Wildman–Crippen MR) is 115 cm³/mol. The average molecular weight is 410 g/mol. The van der Waals surface area contributed by atoms with Gasteiger partial charge in [-0.15, -0.1) is 11.3 Å². The maximum Gasteiger partial charge on any atom is 0.255 e. The molecule has 8 heteroatoms. The number of methoxy groups -OCH3 is 1. The van der Waals surface area contributed by atoms with E-state index in [9.17, 15) is 9.59 Å². The summed E-state index contributed by atoms with van der Waals surface area (Å²) in [5, 5.41) is 7.59. The van der Waals surface area contributed by atoms with Gasteiger partial charge in [-0.1, -0.05) is 6.07 Å². The molecule has 29 heavy (non-hydrogen) atoms. The fraction of sp³-hybridized carbons (Fsp3) is 0.190. The Morgan fingerprint density at radius 2 is 2.03 bits per heavy atom. The molecule has 7 nitrogen and oxygen atoms in total. The highest BCUT2D eigenvalue weighted by molar-refractivity contribution is 7.13. The summed E-state index contributed by atoms with van der Waals surface area (Å²) in [5.41, 5.74) is 7.59. The first-order valence-electron chi connectivity index (χ1n) is 9.09. The average Bonchev–Trinajstić information content (AvgIpc) is 3.28. The van der Waals surface area contributed by atoms with Gasteiger partial charge >= 0.3 is 0 Å². The van der Waals surface area contributed by atoms with Gasteiger partial charge in [0.15, 0.2) is 0 Å². The van der Waals surface area contributed by atoms with Crippen LogP contribution in [0.2, 0.25) is 0 Å². The van der Waals surface area contributed by atoms with E-state index in [1.165, 1.54) is 13.2 Å². The number of thiophene rings is 1. The second-order valence-electron chi connectivity index (χ2n) is 6.21. The minimum absolute atomic E-state index is 0.294. The highest BCUT2D eigenvalue weighted by Crippen LogP contribution is 2.26. The van der Waals surface area contributed by atoms with Gasteiger partial charge in [0.1, 0.15) is 5.75 Å². The van der Waals surface area contributed by atoms with Crippen molar-refractivity contribution >= 4 is 28.8 Å². The summed E-state index contributed by atoms with van der Waals surface area (Å²) < 4.78 is 5.26. The molecular weight excluding hydrogens is 388 g/mol. The van der Waals surface area contributed by atoms with Crippen LogP contribution in [-0.4, -0.2) is 37.0 Å². The fourth-order valence-corrected chi connectivity index (χ4v) is 3.42. The fourth-order valence-electron chi connectivity index (χ4n) is 2.71. The molecule has 4 N–H and O–H groups in total. The van der Waals surface area contributed by atoms with Gasteiger partial charge < -0.3 is 21.1 Å². The Kier molecular flexibility index (Phi) is 6.94. The van der Waals surface area contributed by atoms with Crippen LogP contribution in [0.15, 0.2) is 54.2 Å². The van der Waals surface area contributed by atoms with E-state index in [1.54, 1.807) is 35.9 Å². The molecule has 2 amide bonds. The summed E-state index contributed by atoms with van der Waals surface area (Å²) in [7, 11) is 1.48. The van der Waals surface area contributed by atoms with Gasteiger partial charge in [-0.2, -0.15) is 0 Å². The van der Waals surface area contributed by atoms with Crippen LogP contribution in [0.3, 0.4) is 0 Å². The number of anilines is 1. The molecule has 1 aromatic carbocycles. The zero-order valence-corrected chi connectivity index (χ0v) is 16.8. The Balaban J connectivity index is 1.78. The predicted octanol–water partition coefficient (Wildman–Crippen LogP) is 3.15. The Labute approximate surface area is 172 Å². The van der Waals surface area contributed by atoms with Gasteiger partial charge in [-0.25, -0.2) is 0 Å². The van der Waals surface area contributed by atoms with Gasteiger partial charge in [0.25, 0.3) is 11.8 Å². The van der Waals surface area contributed by atoms with Crippen molar-refractivity contribution in [3.8, 4) is 16.2 Å². The monoisotopic (exact) mass is 410 g/mol. The number of hydrogen-bond donors (Lipinski definition) is 3. The third-order valence-electron chi connectivity index (χ3n) is 4.17. The van der Waals surface area contributed by atoms with Gasteiger partial charge in [-0.05, 0) is 48.7 Å². The second kappa shape index (κ2) is 9.81. The van der Waals surface area contributed by atoms with Crippen molar-refractivity contribution in [2.45, 2.75) is 6.42 Å². The molecular formula is C21H22N4O3S. The van der Waals surface area contributed by atoms with Crippen LogP contribution in [0.4, 0.5) is 5.69 Å². The summed E-state index contributed by atoms with van der Waals surface area (Å²) in [6, 6.07) is 10.5. The molecule has 0 bridgehead atoms. The Bertz CT molecular complexity index is 989. The van der Waals surface area contributed by atoms with Crippen LogP contribution in [0.5, 0.6) is 5.75 Å². The first-order chi connectivity index (χ1) is 14.1. The number of carbonyl (C=O) groups is 2. The van der Waals surface area contributed by atoms with Crippen LogP contribution in [0.25, 0.3) is 10.4 Å². The Morgan fingerprint density at radius 1 is 1.17 bits per heavy atom. The molecule has 0 fully saturated rings. The number of ether oxygens (including phenoxy) is 1. The van der Waals surface area contributed by atoms with Crippen molar-refractivity contribution < 1.29 is 14.3 Å². The lowest BCUT2D eigenvalue weighted by molar-refractivity contribution is 0.0950. The van der Waals surface area contributed by atoms with Crippen molar-refractivity contribution in [3.63, 3.8) is 0 Å². The molecule has 0 spiro atoms. The zero-order chi connectivity index (χ0) is 20.6. The molecule has 150 valence electrons. The lowest BCUT2D eigenvalue weighted by Gasteiger charge is -2.12. The van der Waals surface area contributed by atoms with E-state index >= 15 is 0 Å². The molecule has 0 saturated heterocycles. The van der Waals surface area contributed by atoms with Crippen LogP contribution in [0.1, 0.15) is 27.1 Å². The molecule has 3 rings (SSSR count). The normalized spacial score (nSPS) is 10.4. The van der Waals surface area contributed by atoms with Crippen LogP contribution >= 0.6 is 11.3 Å². The largest absolute Gasteiger partial charge is 0.496 e. The van der Waals surface area contributed by atoms with Crippen LogP contribution in [-0.2, 0) is 0 Å². The topological polar surface area (TPSA) is 106 Å². The number of nitrogens with zero attached hydrogens (tertiary/aromatic N) is 1. The van der Waals surface area contributed by atoms with Gasteiger partial charge in [0, 0.05) is 28.7 Å². The summed E-state index contributed by atoms with van der Waals surface area (Å²) in [6.07, 6.45) is 4.00. The first-order valence-corrected chi connectivity index (χ1v) is 9.97. The summed E-state index contributed by atoms with van der Waals surface area (Å²) in [4.78, 5) is 30.4. The molecule has 0 unspecified atom stereocenters. The van der Waals surface area contributed by atoms with Crippen molar-refractivity contribution in [1.82, 2.24) is 10.3 Å². The van der Waals surface area contributed by atoms with Crippen molar-refractivity contribution in [2.24, 2.45) is 5.73 Å². The standard InChI is InChI=1S/C21H22N4O3S/c1-28-18-6-5-14(11-17(18)21(27)24-8-3-7-22)20(26)25-16-10-15(12-23-13-16)19-4-2-9-29-19/h2,4-6,9-13H,3,7-8,22H2,1H3,(H,24,27)(H,25,26). The highest BCUT2D eigenvalue weighted by atomic mass is 32.1. The Hall–Kier alpha value is -3.23. The first kappa shape index (κ1) is 20.5. The second-order valence-corrected chi connectivity index (χ2v) is 7.15. The third kappa shape index (κ3) is 5.18. The lowest BCUT2D eigenvalue weighted by atomic mass is 10.1. The number of nitrogens with one attached hydrogen (secondary N) is 2. The molecule has 0 radical (unpaired) electrons. The van der Waals surface area contributed by atoms with Gasteiger partial charge in [0.05, 0.1) is 24.6 Å². The van der Waals surface area contributed by atoms with E-state index in [0.29, 0.717) is 42.1 Å². The van der Waals surface area contributed by atoms with Crippen LogP contribution < -0.4 is 21.1 Å². The molecule has 3 aromatic rings.